The van der Waals surface area contributed by atoms with Crippen LogP contribution in [0.1, 0.15) is 18.4 Å². The highest BCUT2D eigenvalue weighted by atomic mass is 79.9. The van der Waals surface area contributed by atoms with Gasteiger partial charge in [0.15, 0.2) is 0 Å². The van der Waals surface area contributed by atoms with Crippen LogP contribution in [0.4, 0.5) is 4.79 Å². The van der Waals surface area contributed by atoms with Crippen LogP contribution in [-0.4, -0.2) is 34.9 Å². The van der Waals surface area contributed by atoms with Crippen LogP contribution in [-0.2, 0) is 9.53 Å². The predicted molar refractivity (Wildman–Crippen MR) is 70.6 cm³/mol. The molecule has 2 amide bonds. The summed E-state index contributed by atoms with van der Waals surface area (Å²) < 4.78 is 4.77. The van der Waals surface area contributed by atoms with Gasteiger partial charge in [-0.3, -0.25) is 4.79 Å². The lowest BCUT2D eigenvalue weighted by atomic mass is 9.97. The summed E-state index contributed by atoms with van der Waals surface area (Å²) >= 11 is 3.38. The quantitative estimate of drug-likeness (QED) is 0.806. The molecule has 1 aromatic carbocycles. The first-order valence-corrected chi connectivity index (χ1v) is 6.70. The van der Waals surface area contributed by atoms with Gasteiger partial charge in [-0.25, -0.2) is 9.69 Å². The molecule has 1 fully saturated rings. The number of benzene rings is 1. The zero-order valence-electron chi connectivity index (χ0n) is 10.0. The van der Waals surface area contributed by atoms with E-state index in [0.29, 0.717) is 6.54 Å². The Morgan fingerprint density at radius 2 is 2.06 bits per heavy atom. The van der Waals surface area contributed by atoms with Gasteiger partial charge >= 0.3 is 6.09 Å². The number of cyclic esters (lactones) is 1. The molecule has 4 nitrogen and oxygen atoms in total. The first-order chi connectivity index (χ1) is 8.61. The van der Waals surface area contributed by atoms with Crippen LogP contribution < -0.4 is 0 Å². The number of amides is 2. The van der Waals surface area contributed by atoms with Crippen molar-refractivity contribution in [2.45, 2.75) is 17.7 Å². The summed E-state index contributed by atoms with van der Waals surface area (Å²) in [6, 6.07) is 9.72. The molecule has 2 rings (SSSR count). The molecule has 0 aromatic heterocycles. The molecule has 96 valence electrons. The van der Waals surface area contributed by atoms with Crippen molar-refractivity contribution in [3.63, 3.8) is 0 Å². The molecule has 1 saturated heterocycles. The van der Waals surface area contributed by atoms with Crippen LogP contribution >= 0.6 is 15.9 Å². The lowest BCUT2D eigenvalue weighted by Crippen LogP contribution is -2.39. The highest BCUT2D eigenvalue weighted by Gasteiger charge is 2.35. The smallest absolute Gasteiger partial charge is 0.416 e. The third-order valence-electron chi connectivity index (χ3n) is 3.03. The van der Waals surface area contributed by atoms with Crippen molar-refractivity contribution in [3.05, 3.63) is 35.9 Å². The van der Waals surface area contributed by atoms with E-state index >= 15 is 0 Å². The van der Waals surface area contributed by atoms with Crippen LogP contribution in [0.3, 0.4) is 0 Å². The zero-order chi connectivity index (χ0) is 13.1. The Hall–Kier alpha value is -1.36. The Bertz CT molecular complexity index is 449. The summed E-state index contributed by atoms with van der Waals surface area (Å²) in [5.41, 5.74) is 1.06. The molecule has 1 aliphatic rings. The van der Waals surface area contributed by atoms with Gasteiger partial charge in [-0.05, 0) is 5.56 Å². The number of halogens is 1. The largest absolute Gasteiger partial charge is 0.447 e. The number of carbonyl (C=O) groups is 2. The van der Waals surface area contributed by atoms with Gasteiger partial charge in [0.2, 0.25) is 5.91 Å². The molecule has 0 aliphatic carbocycles. The fraction of sp³-hybridized carbons (Fsp3) is 0.385. The summed E-state index contributed by atoms with van der Waals surface area (Å²) in [5, 5.41) is 0. The number of imide groups is 1. The Balaban J connectivity index is 2.09. The molecule has 1 aromatic rings. The van der Waals surface area contributed by atoms with Crippen LogP contribution in [0.2, 0.25) is 0 Å². The van der Waals surface area contributed by atoms with E-state index in [9.17, 15) is 9.59 Å². The molecule has 5 heteroatoms. The SMILES string of the molecule is C[C@H](c1ccccc1)[C@H](Br)C(=O)N1CCOC1=O. The Morgan fingerprint density at radius 3 is 2.61 bits per heavy atom. The maximum atomic E-state index is 12.1. The lowest BCUT2D eigenvalue weighted by molar-refractivity contribution is -0.127. The summed E-state index contributed by atoms with van der Waals surface area (Å²) in [4.78, 5) is 24.2. The second-order valence-electron chi connectivity index (χ2n) is 4.21. The fourth-order valence-corrected chi connectivity index (χ4v) is 2.43. The number of nitrogens with zero attached hydrogens (tertiary/aromatic N) is 1. The fourth-order valence-electron chi connectivity index (χ4n) is 1.88. The van der Waals surface area contributed by atoms with Gasteiger partial charge < -0.3 is 4.74 Å². The van der Waals surface area contributed by atoms with Gasteiger partial charge in [0, 0.05) is 5.92 Å². The average Bonchev–Trinajstić information content (AvgIpc) is 2.83. The Morgan fingerprint density at radius 1 is 1.39 bits per heavy atom. The van der Waals surface area contributed by atoms with E-state index in [4.69, 9.17) is 4.74 Å². The molecule has 0 saturated carbocycles. The lowest BCUT2D eigenvalue weighted by Gasteiger charge is -2.21. The van der Waals surface area contributed by atoms with Crippen molar-refractivity contribution >= 4 is 27.9 Å². The summed E-state index contributed by atoms with van der Waals surface area (Å²) in [5.74, 6) is -0.249. The number of carbonyl (C=O) groups excluding carboxylic acids is 2. The molecule has 0 bridgehead atoms. The minimum atomic E-state index is -0.551. The second kappa shape index (κ2) is 5.52. The van der Waals surface area contributed by atoms with E-state index in [-0.39, 0.29) is 18.4 Å². The monoisotopic (exact) mass is 311 g/mol. The second-order valence-corrected chi connectivity index (χ2v) is 5.19. The molecule has 0 N–H and O–H groups in total. The molecule has 0 spiro atoms. The van der Waals surface area contributed by atoms with Gasteiger partial charge in [0.05, 0.1) is 6.54 Å². The highest BCUT2D eigenvalue weighted by Crippen LogP contribution is 2.26. The van der Waals surface area contributed by atoms with Crippen molar-refractivity contribution < 1.29 is 14.3 Å². The predicted octanol–water partition coefficient (Wildman–Crippen LogP) is 2.53. The molecular weight excluding hydrogens is 298 g/mol. The minimum absolute atomic E-state index is 0.00731. The number of rotatable bonds is 3. The number of hydrogen-bond acceptors (Lipinski definition) is 3. The van der Waals surface area contributed by atoms with Crippen molar-refractivity contribution in [1.29, 1.82) is 0 Å². The van der Waals surface area contributed by atoms with E-state index in [1.165, 1.54) is 0 Å². The van der Waals surface area contributed by atoms with Crippen LogP contribution in [0.15, 0.2) is 30.3 Å². The van der Waals surface area contributed by atoms with Gasteiger partial charge in [-0.15, -0.1) is 0 Å². The highest BCUT2D eigenvalue weighted by molar-refractivity contribution is 9.10. The number of alkyl halides is 1. The normalized spacial score (nSPS) is 18.3. The Labute approximate surface area is 114 Å². The summed E-state index contributed by atoms with van der Waals surface area (Å²) in [6.45, 7) is 2.57. The molecular formula is C13H14BrNO3. The maximum absolute atomic E-state index is 12.1. The molecule has 18 heavy (non-hydrogen) atoms. The van der Waals surface area contributed by atoms with Crippen molar-refractivity contribution in [1.82, 2.24) is 4.90 Å². The minimum Gasteiger partial charge on any atom is -0.447 e. The van der Waals surface area contributed by atoms with Crippen molar-refractivity contribution in [3.8, 4) is 0 Å². The summed E-state index contributed by atoms with van der Waals surface area (Å²) in [6.07, 6.45) is -0.551. The van der Waals surface area contributed by atoms with Crippen LogP contribution in [0.25, 0.3) is 0 Å². The third-order valence-corrected chi connectivity index (χ3v) is 4.21. The van der Waals surface area contributed by atoms with Gasteiger partial charge in [0.25, 0.3) is 0 Å². The average molecular weight is 312 g/mol. The van der Waals surface area contributed by atoms with Crippen molar-refractivity contribution in [2.75, 3.05) is 13.2 Å². The first kappa shape index (κ1) is 13.1. The van der Waals surface area contributed by atoms with Crippen molar-refractivity contribution in [2.24, 2.45) is 0 Å². The number of ether oxygens (including phenoxy) is 1. The first-order valence-electron chi connectivity index (χ1n) is 5.78. The van der Waals surface area contributed by atoms with E-state index in [2.05, 4.69) is 15.9 Å². The van der Waals surface area contributed by atoms with E-state index in [1.807, 2.05) is 37.3 Å². The van der Waals surface area contributed by atoms with E-state index < -0.39 is 10.9 Å². The van der Waals surface area contributed by atoms with Gasteiger partial charge in [-0.2, -0.15) is 0 Å². The van der Waals surface area contributed by atoms with Crippen LogP contribution in [0.5, 0.6) is 0 Å². The molecule has 0 radical (unpaired) electrons. The zero-order valence-corrected chi connectivity index (χ0v) is 11.6. The van der Waals surface area contributed by atoms with E-state index in [1.54, 1.807) is 0 Å². The molecule has 1 heterocycles. The Kier molecular flexibility index (Phi) is 4.01. The van der Waals surface area contributed by atoms with Gasteiger partial charge in [0.1, 0.15) is 11.4 Å². The third kappa shape index (κ3) is 2.56. The summed E-state index contributed by atoms with van der Waals surface area (Å²) in [7, 11) is 0. The number of hydrogen-bond donors (Lipinski definition) is 0. The standard InChI is InChI=1S/C13H14BrNO3/c1-9(10-5-3-2-4-6-10)11(14)12(16)15-7-8-18-13(15)17/h2-6,9,11H,7-8H2,1H3/t9-,11+/m1/s1. The topological polar surface area (TPSA) is 46.6 Å². The molecule has 0 unspecified atom stereocenters. The molecule has 2 atom stereocenters. The van der Waals surface area contributed by atoms with Crippen LogP contribution in [0, 0.1) is 0 Å². The molecule has 1 aliphatic heterocycles. The van der Waals surface area contributed by atoms with E-state index in [0.717, 1.165) is 10.5 Å². The maximum Gasteiger partial charge on any atom is 0.416 e. The van der Waals surface area contributed by atoms with Gasteiger partial charge in [-0.1, -0.05) is 53.2 Å².